The summed E-state index contributed by atoms with van der Waals surface area (Å²) in [6.07, 6.45) is 2.04. The van der Waals surface area contributed by atoms with Crippen LogP contribution in [-0.2, 0) is 9.53 Å². The van der Waals surface area contributed by atoms with Crippen molar-refractivity contribution in [2.75, 3.05) is 26.2 Å². The molecular weight excluding hydrogens is 368 g/mol. The summed E-state index contributed by atoms with van der Waals surface area (Å²) in [5.41, 5.74) is 1.28. The van der Waals surface area contributed by atoms with E-state index in [1.807, 2.05) is 47.4 Å². The third kappa shape index (κ3) is 4.88. The quantitative estimate of drug-likeness (QED) is 0.853. The smallest absolute Gasteiger partial charge is 0.407 e. The average Bonchev–Trinajstić information content (AvgIpc) is 2.99. The molecule has 2 aromatic rings. The molecular formula is C23H26N2O4. The van der Waals surface area contributed by atoms with Crippen LogP contribution in [0.25, 0.3) is 0 Å². The van der Waals surface area contributed by atoms with Crippen molar-refractivity contribution in [3.8, 4) is 11.5 Å². The lowest BCUT2D eigenvalue weighted by atomic mass is 9.89. The van der Waals surface area contributed by atoms with Crippen molar-refractivity contribution in [3.05, 3.63) is 60.2 Å². The van der Waals surface area contributed by atoms with Crippen molar-refractivity contribution in [2.24, 2.45) is 5.92 Å². The number of cyclic esters (lactones) is 1. The molecule has 2 aliphatic heterocycles. The van der Waals surface area contributed by atoms with E-state index in [-0.39, 0.29) is 11.8 Å². The maximum atomic E-state index is 12.8. The van der Waals surface area contributed by atoms with Gasteiger partial charge >= 0.3 is 6.09 Å². The van der Waals surface area contributed by atoms with Gasteiger partial charge in [0.2, 0.25) is 5.91 Å². The summed E-state index contributed by atoms with van der Waals surface area (Å²) in [6, 6.07) is 18.0. The Morgan fingerprint density at radius 1 is 0.966 bits per heavy atom. The first kappa shape index (κ1) is 19.3. The van der Waals surface area contributed by atoms with E-state index in [0.29, 0.717) is 25.5 Å². The lowest BCUT2D eigenvalue weighted by Gasteiger charge is -2.34. The zero-order valence-electron chi connectivity index (χ0n) is 16.4. The summed E-state index contributed by atoms with van der Waals surface area (Å²) < 4.78 is 10.8. The molecule has 6 nitrogen and oxygen atoms in total. The minimum Gasteiger partial charge on any atom is -0.457 e. The van der Waals surface area contributed by atoms with Gasteiger partial charge < -0.3 is 19.7 Å². The Kier molecular flexibility index (Phi) is 5.98. The summed E-state index contributed by atoms with van der Waals surface area (Å²) in [5.74, 6) is 2.03. The SMILES string of the molecule is O=C1NC[C@H](C(=O)N2CCC(c3ccc(Oc4ccccc4)cc3)CC2)CCO1. The van der Waals surface area contributed by atoms with Crippen LogP contribution in [0.4, 0.5) is 4.79 Å². The van der Waals surface area contributed by atoms with Crippen LogP contribution in [0.3, 0.4) is 0 Å². The van der Waals surface area contributed by atoms with Crippen molar-refractivity contribution < 1.29 is 19.1 Å². The Balaban J connectivity index is 1.30. The van der Waals surface area contributed by atoms with E-state index in [2.05, 4.69) is 17.4 Å². The fourth-order valence-corrected chi connectivity index (χ4v) is 3.99. The molecule has 29 heavy (non-hydrogen) atoms. The third-order valence-corrected chi connectivity index (χ3v) is 5.68. The number of piperidine rings is 1. The molecule has 0 spiro atoms. The number of likely N-dealkylation sites (tertiary alicyclic amines) is 1. The van der Waals surface area contributed by atoms with Gasteiger partial charge in [0.1, 0.15) is 11.5 Å². The van der Waals surface area contributed by atoms with Gasteiger partial charge in [0.15, 0.2) is 0 Å². The first-order chi connectivity index (χ1) is 14.2. The standard InChI is InChI=1S/C23H26N2O4/c26-22(19-12-15-28-23(27)24-16-19)25-13-10-18(11-14-25)17-6-8-21(9-7-17)29-20-4-2-1-3-5-20/h1-9,18-19H,10-16H2,(H,24,27)/t19-/m1/s1. The number of amides is 2. The van der Waals surface area contributed by atoms with Crippen LogP contribution in [-0.4, -0.2) is 43.1 Å². The summed E-state index contributed by atoms with van der Waals surface area (Å²) in [5, 5.41) is 2.65. The molecule has 152 valence electrons. The van der Waals surface area contributed by atoms with Gasteiger partial charge in [0.25, 0.3) is 0 Å². The van der Waals surface area contributed by atoms with Gasteiger partial charge in [-0.2, -0.15) is 0 Å². The molecule has 2 heterocycles. The molecule has 4 rings (SSSR count). The molecule has 0 aliphatic carbocycles. The molecule has 2 aliphatic rings. The summed E-state index contributed by atoms with van der Waals surface area (Å²) in [6.45, 7) is 2.16. The van der Waals surface area contributed by atoms with Crippen LogP contribution in [0.1, 0.15) is 30.7 Å². The van der Waals surface area contributed by atoms with Crippen LogP contribution >= 0.6 is 0 Å². The third-order valence-electron chi connectivity index (χ3n) is 5.68. The van der Waals surface area contributed by atoms with Crippen LogP contribution in [0, 0.1) is 5.92 Å². The number of benzene rings is 2. The second-order valence-corrected chi connectivity index (χ2v) is 7.59. The number of alkyl carbamates (subject to hydrolysis) is 1. The molecule has 0 bridgehead atoms. The lowest BCUT2D eigenvalue weighted by Crippen LogP contribution is -2.44. The fourth-order valence-electron chi connectivity index (χ4n) is 3.99. The maximum Gasteiger partial charge on any atom is 0.407 e. The number of para-hydroxylation sites is 1. The molecule has 6 heteroatoms. The highest BCUT2D eigenvalue weighted by atomic mass is 16.5. The highest BCUT2D eigenvalue weighted by molar-refractivity contribution is 5.80. The van der Waals surface area contributed by atoms with Gasteiger partial charge in [-0.25, -0.2) is 4.79 Å². The topological polar surface area (TPSA) is 67.9 Å². The molecule has 2 fully saturated rings. The van der Waals surface area contributed by atoms with E-state index in [1.165, 1.54) is 5.56 Å². The Morgan fingerprint density at radius 3 is 2.38 bits per heavy atom. The second kappa shape index (κ2) is 8.99. The zero-order chi connectivity index (χ0) is 20.1. The number of nitrogens with one attached hydrogen (secondary N) is 1. The Bertz CT molecular complexity index is 830. The van der Waals surface area contributed by atoms with Crippen LogP contribution < -0.4 is 10.1 Å². The highest BCUT2D eigenvalue weighted by Crippen LogP contribution is 2.31. The predicted octanol–water partition coefficient (Wildman–Crippen LogP) is 3.93. The highest BCUT2D eigenvalue weighted by Gasteiger charge is 2.30. The molecule has 0 aromatic heterocycles. The van der Waals surface area contributed by atoms with E-state index in [0.717, 1.165) is 37.4 Å². The van der Waals surface area contributed by atoms with E-state index in [1.54, 1.807) is 0 Å². The normalized spacial score (nSPS) is 20.3. The van der Waals surface area contributed by atoms with Gasteiger partial charge in [-0.3, -0.25) is 4.79 Å². The number of carbonyl (C=O) groups is 2. The monoisotopic (exact) mass is 394 g/mol. The van der Waals surface area contributed by atoms with Crippen LogP contribution in [0.5, 0.6) is 11.5 Å². The first-order valence-corrected chi connectivity index (χ1v) is 10.2. The van der Waals surface area contributed by atoms with Crippen molar-refractivity contribution >= 4 is 12.0 Å². The van der Waals surface area contributed by atoms with Crippen molar-refractivity contribution in [3.63, 3.8) is 0 Å². The number of carbonyl (C=O) groups excluding carboxylic acids is 2. The Morgan fingerprint density at radius 2 is 1.66 bits per heavy atom. The molecule has 2 aromatic carbocycles. The number of hydrogen-bond donors (Lipinski definition) is 1. The Labute approximate surface area is 170 Å². The van der Waals surface area contributed by atoms with Gasteiger partial charge in [-0.1, -0.05) is 30.3 Å². The number of hydrogen-bond acceptors (Lipinski definition) is 4. The minimum atomic E-state index is -0.432. The average molecular weight is 394 g/mol. The largest absolute Gasteiger partial charge is 0.457 e. The van der Waals surface area contributed by atoms with E-state index < -0.39 is 6.09 Å². The van der Waals surface area contributed by atoms with Crippen molar-refractivity contribution in [1.82, 2.24) is 10.2 Å². The Hall–Kier alpha value is -3.02. The lowest BCUT2D eigenvalue weighted by molar-refractivity contribution is -0.136. The summed E-state index contributed by atoms with van der Waals surface area (Å²) >= 11 is 0. The van der Waals surface area contributed by atoms with Gasteiger partial charge in [-0.15, -0.1) is 0 Å². The van der Waals surface area contributed by atoms with Crippen molar-refractivity contribution in [2.45, 2.75) is 25.2 Å². The van der Waals surface area contributed by atoms with Crippen molar-refractivity contribution in [1.29, 1.82) is 0 Å². The fraction of sp³-hybridized carbons (Fsp3) is 0.391. The molecule has 1 atom stereocenters. The predicted molar refractivity (Wildman–Crippen MR) is 109 cm³/mol. The van der Waals surface area contributed by atoms with Gasteiger partial charge in [0, 0.05) is 19.6 Å². The van der Waals surface area contributed by atoms with Crippen LogP contribution in [0.2, 0.25) is 0 Å². The zero-order valence-corrected chi connectivity index (χ0v) is 16.4. The molecule has 1 N–H and O–H groups in total. The first-order valence-electron chi connectivity index (χ1n) is 10.2. The number of ether oxygens (including phenoxy) is 2. The molecule has 0 saturated carbocycles. The summed E-state index contributed by atoms with van der Waals surface area (Å²) in [4.78, 5) is 26.0. The summed E-state index contributed by atoms with van der Waals surface area (Å²) in [7, 11) is 0. The molecule has 0 radical (unpaired) electrons. The molecule has 2 saturated heterocycles. The maximum absolute atomic E-state index is 12.8. The number of nitrogens with zero attached hydrogens (tertiary/aromatic N) is 1. The van der Waals surface area contributed by atoms with Crippen LogP contribution in [0.15, 0.2) is 54.6 Å². The van der Waals surface area contributed by atoms with E-state index in [4.69, 9.17) is 9.47 Å². The second-order valence-electron chi connectivity index (χ2n) is 7.59. The van der Waals surface area contributed by atoms with E-state index >= 15 is 0 Å². The number of rotatable bonds is 4. The van der Waals surface area contributed by atoms with E-state index in [9.17, 15) is 9.59 Å². The minimum absolute atomic E-state index is 0.126. The van der Waals surface area contributed by atoms with Gasteiger partial charge in [-0.05, 0) is 55.0 Å². The molecule has 2 amide bonds. The van der Waals surface area contributed by atoms with Gasteiger partial charge in [0.05, 0.1) is 12.5 Å². The molecule has 0 unspecified atom stereocenters.